The molecule has 0 aliphatic carbocycles. The molecule has 7 nitrogen and oxygen atoms in total. The Balaban J connectivity index is 0.00000300. The SMILES string of the molecule is CN=C(NCCc1ccc(OC)cc1)NCc1nc(-c2cccc(Cl)c2)no1.I. The normalized spacial score (nSPS) is 10.9. The summed E-state index contributed by atoms with van der Waals surface area (Å²) in [5.74, 6) is 2.48. The van der Waals surface area contributed by atoms with Crippen LogP contribution in [0.2, 0.25) is 5.02 Å². The van der Waals surface area contributed by atoms with Gasteiger partial charge in [-0.2, -0.15) is 4.98 Å². The summed E-state index contributed by atoms with van der Waals surface area (Å²) in [6.45, 7) is 1.11. The van der Waals surface area contributed by atoms with Crippen LogP contribution in [0.4, 0.5) is 0 Å². The van der Waals surface area contributed by atoms with E-state index in [2.05, 4.69) is 25.8 Å². The Morgan fingerprint density at radius 1 is 1.17 bits per heavy atom. The van der Waals surface area contributed by atoms with Crippen LogP contribution in [0.1, 0.15) is 11.5 Å². The van der Waals surface area contributed by atoms with Crippen LogP contribution in [0, 0.1) is 0 Å². The summed E-state index contributed by atoms with van der Waals surface area (Å²) in [6.07, 6.45) is 0.865. The molecule has 0 amide bonds. The van der Waals surface area contributed by atoms with Crippen molar-refractivity contribution >= 4 is 41.5 Å². The molecule has 0 unspecified atom stereocenters. The molecule has 0 aliphatic heterocycles. The molecule has 0 atom stereocenters. The molecule has 0 saturated carbocycles. The zero-order chi connectivity index (χ0) is 19.8. The van der Waals surface area contributed by atoms with Crippen LogP contribution in [0.15, 0.2) is 58.0 Å². The second-order valence-corrected chi connectivity index (χ2v) is 6.41. The minimum absolute atomic E-state index is 0. The van der Waals surface area contributed by atoms with E-state index in [1.165, 1.54) is 5.56 Å². The quantitative estimate of drug-likeness (QED) is 0.275. The van der Waals surface area contributed by atoms with E-state index in [-0.39, 0.29) is 24.0 Å². The zero-order valence-electron chi connectivity index (χ0n) is 16.2. The predicted molar refractivity (Wildman–Crippen MR) is 125 cm³/mol. The number of ether oxygens (including phenoxy) is 1. The monoisotopic (exact) mass is 527 g/mol. The number of benzene rings is 2. The molecule has 2 N–H and O–H groups in total. The third kappa shape index (κ3) is 6.90. The number of rotatable bonds is 7. The Morgan fingerprint density at radius 2 is 1.97 bits per heavy atom. The van der Waals surface area contributed by atoms with Crippen LogP contribution in [-0.2, 0) is 13.0 Å². The first-order valence-electron chi connectivity index (χ1n) is 8.84. The van der Waals surface area contributed by atoms with Gasteiger partial charge in [0.1, 0.15) is 5.75 Å². The molecule has 3 aromatic rings. The third-order valence-electron chi connectivity index (χ3n) is 4.05. The van der Waals surface area contributed by atoms with Gasteiger partial charge in [-0.3, -0.25) is 4.99 Å². The minimum atomic E-state index is 0. The molecule has 2 aromatic carbocycles. The number of hydrogen-bond acceptors (Lipinski definition) is 5. The van der Waals surface area contributed by atoms with Crippen molar-refractivity contribution in [2.75, 3.05) is 20.7 Å². The predicted octanol–water partition coefficient (Wildman–Crippen LogP) is 3.92. The molecule has 0 bridgehead atoms. The number of halogens is 2. The first kappa shape index (κ1) is 23.0. The van der Waals surface area contributed by atoms with Crippen molar-refractivity contribution in [3.05, 3.63) is 65.0 Å². The van der Waals surface area contributed by atoms with E-state index in [1.54, 1.807) is 26.3 Å². The van der Waals surface area contributed by atoms with Crippen LogP contribution in [-0.4, -0.2) is 36.8 Å². The Bertz CT molecular complexity index is 931. The van der Waals surface area contributed by atoms with Crippen molar-refractivity contribution in [1.82, 2.24) is 20.8 Å². The lowest BCUT2D eigenvalue weighted by Gasteiger charge is -2.10. The molecular weight excluding hydrogens is 505 g/mol. The molecule has 0 fully saturated rings. The van der Waals surface area contributed by atoms with E-state index < -0.39 is 0 Å². The first-order valence-corrected chi connectivity index (χ1v) is 9.21. The Labute approximate surface area is 191 Å². The van der Waals surface area contributed by atoms with Gasteiger partial charge in [0.05, 0.1) is 13.7 Å². The van der Waals surface area contributed by atoms with Gasteiger partial charge in [0.25, 0.3) is 0 Å². The van der Waals surface area contributed by atoms with E-state index in [1.807, 2.05) is 36.4 Å². The number of nitrogens with one attached hydrogen (secondary N) is 2. The highest BCUT2D eigenvalue weighted by atomic mass is 127. The first-order chi connectivity index (χ1) is 13.7. The van der Waals surface area contributed by atoms with Gasteiger partial charge in [-0.25, -0.2) is 0 Å². The number of guanidine groups is 1. The van der Waals surface area contributed by atoms with Gasteiger partial charge >= 0.3 is 0 Å². The number of aliphatic imine (C=N–C) groups is 1. The van der Waals surface area contributed by atoms with Crippen LogP contribution < -0.4 is 15.4 Å². The van der Waals surface area contributed by atoms with Crippen molar-refractivity contribution < 1.29 is 9.26 Å². The summed E-state index contributed by atoms with van der Waals surface area (Å²) in [7, 11) is 3.38. The molecule has 1 heterocycles. The van der Waals surface area contributed by atoms with E-state index in [9.17, 15) is 0 Å². The molecule has 9 heteroatoms. The van der Waals surface area contributed by atoms with Gasteiger partial charge in [-0.1, -0.05) is 41.0 Å². The molecule has 29 heavy (non-hydrogen) atoms. The van der Waals surface area contributed by atoms with Gasteiger partial charge in [0, 0.05) is 24.2 Å². The highest BCUT2D eigenvalue weighted by Crippen LogP contribution is 2.19. The van der Waals surface area contributed by atoms with Crippen LogP contribution >= 0.6 is 35.6 Å². The van der Waals surface area contributed by atoms with Crippen LogP contribution in [0.25, 0.3) is 11.4 Å². The Kier molecular flexibility index (Phi) is 9.20. The highest BCUT2D eigenvalue weighted by Gasteiger charge is 2.09. The van der Waals surface area contributed by atoms with Crippen molar-refractivity contribution in [3.8, 4) is 17.1 Å². The van der Waals surface area contributed by atoms with Crippen molar-refractivity contribution in [1.29, 1.82) is 0 Å². The molecular formula is C20H23ClIN5O2. The van der Waals surface area contributed by atoms with E-state index in [4.69, 9.17) is 20.9 Å². The van der Waals surface area contributed by atoms with E-state index in [0.717, 1.165) is 24.3 Å². The van der Waals surface area contributed by atoms with Crippen molar-refractivity contribution in [2.45, 2.75) is 13.0 Å². The summed E-state index contributed by atoms with van der Waals surface area (Å²) in [5.41, 5.74) is 2.02. The van der Waals surface area contributed by atoms with Crippen molar-refractivity contribution in [3.63, 3.8) is 0 Å². The molecule has 154 valence electrons. The lowest BCUT2D eigenvalue weighted by atomic mass is 10.1. The topological polar surface area (TPSA) is 84.6 Å². The standard InChI is InChI=1S/C20H22ClN5O2.HI/c1-22-20(23-11-10-14-6-8-17(27-2)9-7-14)24-13-18-25-19(26-28-18)15-4-3-5-16(21)12-15;/h3-9,12H,10-11,13H2,1-2H3,(H2,22,23,24);1H. The van der Waals surface area contributed by atoms with Crippen LogP contribution in [0.3, 0.4) is 0 Å². The fourth-order valence-corrected chi connectivity index (χ4v) is 2.76. The summed E-state index contributed by atoms with van der Waals surface area (Å²) in [5, 5.41) is 11.0. The van der Waals surface area contributed by atoms with E-state index >= 15 is 0 Å². The summed E-state index contributed by atoms with van der Waals surface area (Å²) >= 11 is 6.00. The lowest BCUT2D eigenvalue weighted by Crippen LogP contribution is -2.37. The maximum Gasteiger partial charge on any atom is 0.246 e. The Hall–Kier alpha value is -2.33. The van der Waals surface area contributed by atoms with E-state index in [0.29, 0.717) is 29.2 Å². The molecule has 3 rings (SSSR count). The second kappa shape index (κ2) is 11.6. The second-order valence-electron chi connectivity index (χ2n) is 5.97. The zero-order valence-corrected chi connectivity index (χ0v) is 19.3. The molecule has 1 aromatic heterocycles. The average molecular weight is 528 g/mol. The average Bonchev–Trinajstić information content (AvgIpc) is 3.20. The third-order valence-corrected chi connectivity index (χ3v) is 4.28. The fourth-order valence-electron chi connectivity index (χ4n) is 2.57. The summed E-state index contributed by atoms with van der Waals surface area (Å²) in [6, 6.07) is 15.3. The molecule has 0 spiro atoms. The maximum atomic E-state index is 6.00. The lowest BCUT2D eigenvalue weighted by molar-refractivity contribution is 0.375. The van der Waals surface area contributed by atoms with Gasteiger partial charge in [0.2, 0.25) is 11.7 Å². The molecule has 0 aliphatic rings. The minimum Gasteiger partial charge on any atom is -0.497 e. The number of hydrogen-bond donors (Lipinski definition) is 2. The van der Waals surface area contributed by atoms with Crippen LogP contribution in [0.5, 0.6) is 5.75 Å². The van der Waals surface area contributed by atoms with Gasteiger partial charge in [0.15, 0.2) is 5.96 Å². The van der Waals surface area contributed by atoms with Gasteiger partial charge in [-0.15, -0.1) is 24.0 Å². The van der Waals surface area contributed by atoms with Crippen molar-refractivity contribution in [2.24, 2.45) is 4.99 Å². The Morgan fingerprint density at radius 3 is 2.66 bits per heavy atom. The molecule has 0 saturated heterocycles. The smallest absolute Gasteiger partial charge is 0.246 e. The summed E-state index contributed by atoms with van der Waals surface area (Å²) in [4.78, 5) is 8.58. The van der Waals surface area contributed by atoms with Gasteiger partial charge < -0.3 is 19.9 Å². The highest BCUT2D eigenvalue weighted by molar-refractivity contribution is 14.0. The number of methoxy groups -OCH3 is 1. The maximum absolute atomic E-state index is 6.00. The largest absolute Gasteiger partial charge is 0.497 e. The fraction of sp³-hybridized carbons (Fsp3) is 0.250. The van der Waals surface area contributed by atoms with Gasteiger partial charge in [-0.05, 0) is 36.2 Å². The molecule has 0 radical (unpaired) electrons. The number of nitrogens with zero attached hydrogens (tertiary/aromatic N) is 3. The summed E-state index contributed by atoms with van der Waals surface area (Å²) < 4.78 is 10.5. The number of aromatic nitrogens is 2.